The number of hydrogen-bond donors (Lipinski definition) is 0. The minimum Gasteiger partial charge on any atom is -0.486 e. The Morgan fingerprint density at radius 2 is 1.58 bits per heavy atom. The van der Waals surface area contributed by atoms with E-state index in [0.717, 1.165) is 5.56 Å². The summed E-state index contributed by atoms with van der Waals surface area (Å²) in [6, 6.07) is 10.5. The number of esters is 1. The lowest BCUT2D eigenvalue weighted by molar-refractivity contribution is -0.128. The first kappa shape index (κ1) is 14.4. The third-order valence-electron chi connectivity index (χ3n) is 3.54. The van der Waals surface area contributed by atoms with Crippen molar-refractivity contribution < 1.29 is 28.5 Å². The summed E-state index contributed by atoms with van der Waals surface area (Å²) in [5.74, 6) is 2.51. The Kier molecular flexibility index (Phi) is 3.70. The molecule has 0 fully saturated rings. The molecule has 6 heteroatoms. The van der Waals surface area contributed by atoms with Gasteiger partial charge < -0.3 is 23.7 Å². The number of ether oxygens (including phenoxy) is 5. The molecule has 2 aromatic carbocycles. The van der Waals surface area contributed by atoms with Crippen molar-refractivity contribution in [3.63, 3.8) is 0 Å². The lowest BCUT2D eigenvalue weighted by Gasteiger charge is -2.18. The molecular formula is C18H14O6. The van der Waals surface area contributed by atoms with Gasteiger partial charge in [-0.2, -0.15) is 0 Å². The summed E-state index contributed by atoms with van der Waals surface area (Å²) >= 11 is 0. The fraction of sp³-hybridized carbons (Fsp3) is 0.167. The van der Waals surface area contributed by atoms with Crippen LogP contribution >= 0.6 is 0 Å². The maximum Gasteiger partial charge on any atom is 0.336 e. The van der Waals surface area contributed by atoms with E-state index >= 15 is 0 Å². The fourth-order valence-electron chi connectivity index (χ4n) is 2.42. The van der Waals surface area contributed by atoms with Crippen molar-refractivity contribution in [1.82, 2.24) is 0 Å². The quantitative estimate of drug-likeness (QED) is 0.491. The van der Waals surface area contributed by atoms with Gasteiger partial charge >= 0.3 is 5.97 Å². The second-order valence-corrected chi connectivity index (χ2v) is 5.17. The second kappa shape index (κ2) is 6.16. The SMILES string of the molecule is O=C(/C=C/c1ccc2c(c1)OCCO2)Oc1ccc2c(c1)OCO2. The summed E-state index contributed by atoms with van der Waals surface area (Å²) in [5, 5.41) is 0. The van der Waals surface area contributed by atoms with Gasteiger partial charge in [0, 0.05) is 12.1 Å². The van der Waals surface area contributed by atoms with Gasteiger partial charge in [0.25, 0.3) is 0 Å². The summed E-state index contributed by atoms with van der Waals surface area (Å²) in [6.07, 6.45) is 3.02. The zero-order valence-corrected chi connectivity index (χ0v) is 12.7. The van der Waals surface area contributed by atoms with Crippen molar-refractivity contribution >= 4 is 12.0 Å². The number of rotatable bonds is 3. The largest absolute Gasteiger partial charge is 0.486 e. The average Bonchev–Trinajstić information content (AvgIpc) is 3.07. The van der Waals surface area contributed by atoms with Crippen LogP contribution in [-0.2, 0) is 4.79 Å². The van der Waals surface area contributed by atoms with Gasteiger partial charge in [0.05, 0.1) is 0 Å². The molecule has 0 amide bonds. The third-order valence-corrected chi connectivity index (χ3v) is 3.54. The van der Waals surface area contributed by atoms with E-state index < -0.39 is 5.97 Å². The molecule has 122 valence electrons. The lowest BCUT2D eigenvalue weighted by atomic mass is 10.2. The molecule has 2 aliphatic rings. The van der Waals surface area contributed by atoms with Crippen LogP contribution < -0.4 is 23.7 Å². The minimum absolute atomic E-state index is 0.177. The number of hydrogen-bond acceptors (Lipinski definition) is 6. The van der Waals surface area contributed by atoms with E-state index in [1.54, 1.807) is 24.3 Å². The Bertz CT molecular complexity index is 811. The molecule has 0 unspecified atom stereocenters. The van der Waals surface area contributed by atoms with Crippen molar-refractivity contribution in [3.8, 4) is 28.7 Å². The Labute approximate surface area is 138 Å². The van der Waals surface area contributed by atoms with Crippen LogP contribution in [0, 0.1) is 0 Å². The van der Waals surface area contributed by atoms with E-state index in [2.05, 4.69) is 0 Å². The van der Waals surface area contributed by atoms with Crippen LogP contribution in [0.4, 0.5) is 0 Å². The van der Waals surface area contributed by atoms with Gasteiger partial charge in [-0.05, 0) is 35.9 Å². The molecule has 0 bridgehead atoms. The summed E-state index contributed by atoms with van der Waals surface area (Å²) in [6.45, 7) is 1.24. The van der Waals surface area contributed by atoms with E-state index in [9.17, 15) is 4.79 Å². The van der Waals surface area contributed by atoms with Crippen molar-refractivity contribution in [2.24, 2.45) is 0 Å². The van der Waals surface area contributed by atoms with Gasteiger partial charge in [-0.3, -0.25) is 0 Å². The van der Waals surface area contributed by atoms with E-state index in [0.29, 0.717) is 42.0 Å². The highest BCUT2D eigenvalue weighted by atomic mass is 16.7. The van der Waals surface area contributed by atoms with Gasteiger partial charge in [-0.15, -0.1) is 0 Å². The van der Waals surface area contributed by atoms with E-state index in [4.69, 9.17) is 23.7 Å². The van der Waals surface area contributed by atoms with Gasteiger partial charge in [0.2, 0.25) is 6.79 Å². The molecule has 2 aliphatic heterocycles. The molecule has 0 aliphatic carbocycles. The van der Waals surface area contributed by atoms with Crippen LogP contribution in [0.25, 0.3) is 6.08 Å². The van der Waals surface area contributed by atoms with Crippen molar-refractivity contribution in [1.29, 1.82) is 0 Å². The maximum absolute atomic E-state index is 11.9. The van der Waals surface area contributed by atoms with Crippen LogP contribution in [0.5, 0.6) is 28.7 Å². The topological polar surface area (TPSA) is 63.2 Å². The van der Waals surface area contributed by atoms with Crippen molar-refractivity contribution in [3.05, 3.63) is 48.0 Å². The summed E-state index contributed by atoms with van der Waals surface area (Å²) in [5.41, 5.74) is 0.821. The summed E-state index contributed by atoms with van der Waals surface area (Å²) in [4.78, 5) is 11.9. The molecule has 0 N–H and O–H groups in total. The number of carbonyl (C=O) groups is 1. The molecule has 4 rings (SSSR count). The maximum atomic E-state index is 11.9. The Morgan fingerprint density at radius 3 is 2.50 bits per heavy atom. The smallest absolute Gasteiger partial charge is 0.336 e. The highest BCUT2D eigenvalue weighted by Crippen LogP contribution is 2.35. The predicted molar refractivity (Wildman–Crippen MR) is 84.7 cm³/mol. The van der Waals surface area contributed by atoms with Gasteiger partial charge in [-0.25, -0.2) is 4.79 Å². The Morgan fingerprint density at radius 1 is 0.875 bits per heavy atom. The predicted octanol–water partition coefficient (Wildman–Crippen LogP) is 2.81. The van der Waals surface area contributed by atoms with Crippen LogP contribution in [0.1, 0.15) is 5.56 Å². The average molecular weight is 326 g/mol. The normalized spacial score (nSPS) is 14.7. The van der Waals surface area contributed by atoms with Crippen LogP contribution in [0.15, 0.2) is 42.5 Å². The molecule has 24 heavy (non-hydrogen) atoms. The van der Waals surface area contributed by atoms with Crippen molar-refractivity contribution in [2.75, 3.05) is 20.0 Å². The van der Waals surface area contributed by atoms with Gasteiger partial charge in [0.1, 0.15) is 19.0 Å². The highest BCUT2D eigenvalue weighted by Gasteiger charge is 2.15. The zero-order chi connectivity index (χ0) is 16.4. The van der Waals surface area contributed by atoms with E-state index in [-0.39, 0.29) is 6.79 Å². The molecule has 0 radical (unpaired) electrons. The highest BCUT2D eigenvalue weighted by molar-refractivity contribution is 5.89. The monoisotopic (exact) mass is 326 g/mol. The third kappa shape index (κ3) is 2.99. The molecule has 0 spiro atoms. The van der Waals surface area contributed by atoms with Crippen LogP contribution in [-0.4, -0.2) is 26.0 Å². The minimum atomic E-state index is -0.483. The first-order chi connectivity index (χ1) is 11.8. The first-order valence-corrected chi connectivity index (χ1v) is 7.47. The lowest BCUT2D eigenvalue weighted by Crippen LogP contribution is -2.15. The van der Waals surface area contributed by atoms with Crippen molar-refractivity contribution in [2.45, 2.75) is 0 Å². The molecule has 2 heterocycles. The molecule has 2 aromatic rings. The molecular weight excluding hydrogens is 312 g/mol. The molecule has 0 saturated carbocycles. The standard InChI is InChI=1S/C18H14O6/c19-18(24-13-3-5-15-17(10-13)23-11-22-15)6-2-12-1-4-14-16(9-12)21-8-7-20-14/h1-6,9-10H,7-8,11H2/b6-2+. The molecule has 6 nitrogen and oxygen atoms in total. The Hall–Kier alpha value is -3.15. The van der Waals surface area contributed by atoms with E-state index in [1.807, 2.05) is 18.2 Å². The van der Waals surface area contributed by atoms with E-state index in [1.165, 1.54) is 6.08 Å². The second-order valence-electron chi connectivity index (χ2n) is 5.17. The molecule has 0 saturated heterocycles. The first-order valence-electron chi connectivity index (χ1n) is 7.47. The molecule has 0 aromatic heterocycles. The Balaban J connectivity index is 1.43. The van der Waals surface area contributed by atoms with Gasteiger partial charge in [-0.1, -0.05) is 6.07 Å². The summed E-state index contributed by atoms with van der Waals surface area (Å²) < 4.78 is 26.7. The number of benzene rings is 2. The number of carbonyl (C=O) groups excluding carboxylic acids is 1. The summed E-state index contributed by atoms with van der Waals surface area (Å²) in [7, 11) is 0. The zero-order valence-electron chi connectivity index (χ0n) is 12.7. The fourth-order valence-corrected chi connectivity index (χ4v) is 2.42. The molecule has 0 atom stereocenters. The van der Waals surface area contributed by atoms with Gasteiger partial charge in [0.15, 0.2) is 23.0 Å². The number of fused-ring (bicyclic) bond motifs is 2. The van der Waals surface area contributed by atoms with Crippen LogP contribution in [0.3, 0.4) is 0 Å². The van der Waals surface area contributed by atoms with Crippen LogP contribution in [0.2, 0.25) is 0 Å².